The van der Waals surface area contributed by atoms with Gasteiger partial charge in [0.2, 0.25) is 0 Å². The van der Waals surface area contributed by atoms with Crippen LogP contribution in [0.3, 0.4) is 0 Å². The van der Waals surface area contributed by atoms with E-state index >= 15 is 0 Å². The number of carbonyl (C=O) groups excluding carboxylic acids is 1. The number of hydrogen-bond acceptors (Lipinski definition) is 1. The van der Waals surface area contributed by atoms with Gasteiger partial charge >= 0.3 is 6.18 Å². The second kappa shape index (κ2) is 6.17. The van der Waals surface area contributed by atoms with Gasteiger partial charge in [-0.1, -0.05) is 12.1 Å². The van der Waals surface area contributed by atoms with E-state index in [0.29, 0.717) is 11.1 Å². The lowest BCUT2D eigenvalue weighted by molar-refractivity contribution is -0.137. The molecule has 2 aromatic carbocycles. The molecule has 0 fully saturated rings. The van der Waals surface area contributed by atoms with Gasteiger partial charge in [0.1, 0.15) is 5.82 Å². The molecule has 2 nitrogen and oxygen atoms in total. The molecule has 0 aromatic heterocycles. The van der Waals surface area contributed by atoms with Crippen molar-refractivity contribution in [2.24, 2.45) is 0 Å². The molecule has 0 aliphatic rings. The van der Waals surface area contributed by atoms with E-state index in [2.05, 4.69) is 0 Å². The Morgan fingerprint density at radius 2 is 1.55 bits per heavy atom. The molecule has 2 rings (SSSR count). The van der Waals surface area contributed by atoms with Crippen molar-refractivity contribution in [1.29, 1.82) is 0 Å². The summed E-state index contributed by atoms with van der Waals surface area (Å²) >= 11 is 0. The highest BCUT2D eigenvalue weighted by Gasteiger charge is 2.29. The second-order valence-electron chi connectivity index (χ2n) is 4.86. The SMILES string of the molecule is CN(Cc1ccc(C(F)(F)F)cc1)C(=O)c1ccc(F)cc1. The van der Waals surface area contributed by atoms with Gasteiger partial charge in [0.15, 0.2) is 0 Å². The van der Waals surface area contributed by atoms with Gasteiger partial charge in [-0.3, -0.25) is 4.79 Å². The summed E-state index contributed by atoms with van der Waals surface area (Å²) in [6.07, 6.45) is -4.38. The van der Waals surface area contributed by atoms with Crippen molar-refractivity contribution in [2.45, 2.75) is 12.7 Å². The quantitative estimate of drug-likeness (QED) is 0.781. The fourth-order valence-corrected chi connectivity index (χ4v) is 1.96. The van der Waals surface area contributed by atoms with Gasteiger partial charge < -0.3 is 4.90 Å². The predicted octanol–water partition coefficient (Wildman–Crippen LogP) is 4.12. The zero-order valence-electron chi connectivity index (χ0n) is 11.7. The van der Waals surface area contributed by atoms with Crippen molar-refractivity contribution in [2.75, 3.05) is 7.05 Å². The first-order valence-electron chi connectivity index (χ1n) is 6.44. The fourth-order valence-electron chi connectivity index (χ4n) is 1.96. The summed E-state index contributed by atoms with van der Waals surface area (Å²) in [5.74, 6) is -0.776. The van der Waals surface area contributed by atoms with Gasteiger partial charge in [-0.25, -0.2) is 4.39 Å². The van der Waals surface area contributed by atoms with E-state index in [4.69, 9.17) is 0 Å². The molecule has 2 aromatic rings. The minimum atomic E-state index is -4.38. The predicted molar refractivity (Wildman–Crippen MR) is 73.6 cm³/mol. The summed E-state index contributed by atoms with van der Waals surface area (Å²) in [6.45, 7) is 0.161. The molecule has 116 valence electrons. The van der Waals surface area contributed by atoms with Crippen molar-refractivity contribution < 1.29 is 22.4 Å². The maximum absolute atomic E-state index is 12.8. The molecular formula is C16H13F4NO. The molecule has 0 unspecified atom stereocenters. The highest BCUT2D eigenvalue weighted by Crippen LogP contribution is 2.29. The number of carbonyl (C=O) groups is 1. The summed E-state index contributed by atoms with van der Waals surface area (Å²) < 4.78 is 50.2. The van der Waals surface area contributed by atoms with Crippen molar-refractivity contribution in [3.63, 3.8) is 0 Å². The van der Waals surface area contributed by atoms with Crippen LogP contribution in [0.2, 0.25) is 0 Å². The Balaban J connectivity index is 2.06. The van der Waals surface area contributed by atoms with Crippen LogP contribution in [0, 0.1) is 5.82 Å². The Morgan fingerprint density at radius 1 is 1.00 bits per heavy atom. The maximum Gasteiger partial charge on any atom is 0.416 e. The average molecular weight is 311 g/mol. The largest absolute Gasteiger partial charge is 0.416 e. The molecule has 6 heteroatoms. The van der Waals surface area contributed by atoms with Crippen LogP contribution in [0.4, 0.5) is 17.6 Å². The molecular weight excluding hydrogens is 298 g/mol. The fraction of sp³-hybridized carbons (Fsp3) is 0.188. The molecule has 0 heterocycles. The third-order valence-electron chi connectivity index (χ3n) is 3.14. The van der Waals surface area contributed by atoms with Crippen molar-refractivity contribution in [1.82, 2.24) is 4.90 Å². The standard InChI is InChI=1S/C16H13F4NO/c1-21(15(22)12-4-8-14(17)9-5-12)10-11-2-6-13(7-3-11)16(18,19)20/h2-9H,10H2,1H3. The summed E-state index contributed by atoms with van der Waals surface area (Å²) in [5.41, 5.74) is 0.158. The van der Waals surface area contributed by atoms with E-state index < -0.39 is 17.6 Å². The number of halogens is 4. The van der Waals surface area contributed by atoms with E-state index in [1.165, 1.54) is 48.3 Å². The molecule has 0 atom stereocenters. The lowest BCUT2D eigenvalue weighted by Gasteiger charge is -2.18. The first-order chi connectivity index (χ1) is 10.3. The number of hydrogen-bond donors (Lipinski definition) is 0. The monoisotopic (exact) mass is 311 g/mol. The molecule has 22 heavy (non-hydrogen) atoms. The Bertz CT molecular complexity index is 647. The van der Waals surface area contributed by atoms with Crippen LogP contribution in [0.5, 0.6) is 0 Å². The average Bonchev–Trinajstić information content (AvgIpc) is 2.47. The van der Waals surface area contributed by atoms with Crippen molar-refractivity contribution >= 4 is 5.91 Å². The minimum absolute atomic E-state index is 0.161. The minimum Gasteiger partial charge on any atom is -0.337 e. The zero-order valence-corrected chi connectivity index (χ0v) is 11.7. The maximum atomic E-state index is 12.8. The van der Waals surface area contributed by atoms with E-state index in [0.717, 1.165) is 12.1 Å². The highest BCUT2D eigenvalue weighted by molar-refractivity contribution is 5.93. The zero-order chi connectivity index (χ0) is 16.3. The smallest absolute Gasteiger partial charge is 0.337 e. The third-order valence-corrected chi connectivity index (χ3v) is 3.14. The van der Waals surface area contributed by atoms with Crippen LogP contribution in [-0.4, -0.2) is 17.9 Å². The summed E-state index contributed by atoms with van der Waals surface area (Å²) in [4.78, 5) is 13.5. The lowest BCUT2D eigenvalue weighted by Crippen LogP contribution is -2.26. The van der Waals surface area contributed by atoms with Crippen LogP contribution in [-0.2, 0) is 12.7 Å². The van der Waals surface area contributed by atoms with Gasteiger partial charge in [-0.15, -0.1) is 0 Å². The van der Waals surface area contributed by atoms with Crippen molar-refractivity contribution in [3.8, 4) is 0 Å². The normalized spacial score (nSPS) is 11.3. The molecule has 1 amide bonds. The van der Waals surface area contributed by atoms with E-state index in [9.17, 15) is 22.4 Å². The number of rotatable bonds is 3. The van der Waals surface area contributed by atoms with Gasteiger partial charge in [0.05, 0.1) is 5.56 Å². The Kier molecular flexibility index (Phi) is 4.49. The number of alkyl halides is 3. The van der Waals surface area contributed by atoms with Crippen LogP contribution >= 0.6 is 0 Å². The molecule has 0 bridgehead atoms. The van der Waals surface area contributed by atoms with E-state index in [1.807, 2.05) is 0 Å². The van der Waals surface area contributed by atoms with Gasteiger partial charge in [-0.2, -0.15) is 13.2 Å². The Hall–Kier alpha value is -2.37. The van der Waals surface area contributed by atoms with Gasteiger partial charge in [0.25, 0.3) is 5.91 Å². The Labute approximate surface area is 125 Å². The van der Waals surface area contributed by atoms with Crippen LogP contribution < -0.4 is 0 Å². The van der Waals surface area contributed by atoms with Crippen LogP contribution in [0.15, 0.2) is 48.5 Å². The third kappa shape index (κ3) is 3.84. The van der Waals surface area contributed by atoms with Crippen LogP contribution in [0.25, 0.3) is 0 Å². The topological polar surface area (TPSA) is 20.3 Å². The molecule has 0 N–H and O–H groups in total. The lowest BCUT2D eigenvalue weighted by atomic mass is 10.1. The van der Waals surface area contributed by atoms with Crippen LogP contribution in [0.1, 0.15) is 21.5 Å². The number of nitrogens with zero attached hydrogens (tertiary/aromatic N) is 1. The first-order valence-corrected chi connectivity index (χ1v) is 6.44. The molecule has 0 aliphatic heterocycles. The molecule has 0 radical (unpaired) electrons. The summed E-state index contributed by atoms with van der Waals surface area (Å²) in [7, 11) is 1.53. The molecule has 0 saturated heterocycles. The Morgan fingerprint density at radius 3 is 2.05 bits per heavy atom. The van der Waals surface area contributed by atoms with Crippen molar-refractivity contribution in [3.05, 3.63) is 71.0 Å². The van der Waals surface area contributed by atoms with Gasteiger partial charge in [0, 0.05) is 19.2 Å². The second-order valence-corrected chi connectivity index (χ2v) is 4.86. The van der Waals surface area contributed by atoms with E-state index in [1.54, 1.807) is 0 Å². The number of benzene rings is 2. The highest BCUT2D eigenvalue weighted by atomic mass is 19.4. The molecule has 0 saturated carbocycles. The van der Waals surface area contributed by atoms with Gasteiger partial charge in [-0.05, 0) is 42.0 Å². The summed E-state index contributed by atoms with van der Waals surface area (Å²) in [6, 6.07) is 9.70. The summed E-state index contributed by atoms with van der Waals surface area (Å²) in [5, 5.41) is 0. The van der Waals surface area contributed by atoms with E-state index in [-0.39, 0.29) is 12.5 Å². The number of amides is 1. The molecule has 0 aliphatic carbocycles. The first kappa shape index (κ1) is 16.0. The molecule has 0 spiro atoms.